The van der Waals surface area contributed by atoms with Crippen LogP contribution in [0.5, 0.6) is 0 Å². The van der Waals surface area contributed by atoms with Gasteiger partial charge in [-0.2, -0.15) is 0 Å². The van der Waals surface area contributed by atoms with E-state index in [2.05, 4.69) is 0 Å². The molecular weight excluding hydrogens is 358 g/mol. The molecule has 0 aliphatic carbocycles. The lowest BCUT2D eigenvalue weighted by Crippen LogP contribution is -2.35. The van der Waals surface area contributed by atoms with Gasteiger partial charge in [0.1, 0.15) is 0 Å². The molecule has 0 aliphatic rings. The summed E-state index contributed by atoms with van der Waals surface area (Å²) >= 11 is 0. The number of hydrogen-bond donors (Lipinski definition) is 1. The van der Waals surface area contributed by atoms with Crippen LogP contribution in [0.3, 0.4) is 0 Å². The van der Waals surface area contributed by atoms with E-state index < -0.39 is 11.6 Å². The average molecular weight is 379 g/mol. The summed E-state index contributed by atoms with van der Waals surface area (Å²) in [6.45, 7) is 0. The lowest BCUT2D eigenvalue weighted by Gasteiger charge is -2.35. The van der Waals surface area contributed by atoms with Gasteiger partial charge in [-0.15, -0.1) is 0 Å². The first kappa shape index (κ1) is 18.5. The van der Waals surface area contributed by atoms with Crippen molar-refractivity contribution in [1.82, 2.24) is 0 Å². The van der Waals surface area contributed by atoms with Gasteiger partial charge in [0.2, 0.25) is 0 Å². The fourth-order valence-corrected chi connectivity index (χ4v) is 3.57. The molecule has 4 aromatic rings. The molecule has 0 atom stereocenters. The fraction of sp³-hybridized carbons (Fsp3) is 0.0385. The van der Waals surface area contributed by atoms with Crippen LogP contribution in [0.25, 0.3) is 0 Å². The lowest BCUT2D eigenvalue weighted by molar-refractivity contribution is 0.0143. The molecule has 2 N–H and O–H groups in total. The standard InChI is InChI=1S/C26H21NO2/c27-24-19-11-10-18-23(24)25(28)29-26(20-12-4-1-5-13-20,21-14-6-2-7-15-21)22-16-8-3-9-17-22/h1-19H,27H2. The normalized spacial score (nSPS) is 11.0. The van der Waals surface area contributed by atoms with Gasteiger partial charge < -0.3 is 10.5 Å². The smallest absolute Gasteiger partial charge is 0.341 e. The molecule has 142 valence electrons. The molecule has 0 unspecified atom stereocenters. The summed E-state index contributed by atoms with van der Waals surface area (Å²) in [7, 11) is 0. The maximum absolute atomic E-state index is 13.3. The summed E-state index contributed by atoms with van der Waals surface area (Å²) in [4.78, 5) is 13.3. The van der Waals surface area contributed by atoms with E-state index in [1.165, 1.54) is 0 Å². The Labute approximate surface area is 170 Å². The molecule has 0 fully saturated rings. The van der Waals surface area contributed by atoms with Gasteiger partial charge in [0.15, 0.2) is 5.60 Å². The van der Waals surface area contributed by atoms with Crippen molar-refractivity contribution >= 4 is 11.7 Å². The Kier molecular flexibility index (Phi) is 5.12. The van der Waals surface area contributed by atoms with Gasteiger partial charge in [0.05, 0.1) is 5.56 Å². The second-order valence-corrected chi connectivity index (χ2v) is 6.76. The number of rotatable bonds is 5. The average Bonchev–Trinajstić information content (AvgIpc) is 2.79. The Morgan fingerprint density at radius 2 is 0.966 bits per heavy atom. The van der Waals surface area contributed by atoms with Crippen molar-refractivity contribution in [2.24, 2.45) is 0 Å². The number of carbonyl (C=O) groups is 1. The Morgan fingerprint density at radius 1 is 0.586 bits per heavy atom. The van der Waals surface area contributed by atoms with Crippen LogP contribution in [0.15, 0.2) is 115 Å². The molecule has 0 amide bonds. The highest BCUT2D eigenvalue weighted by Gasteiger charge is 2.40. The predicted octanol–water partition coefficient (Wildman–Crippen LogP) is 5.42. The fourth-order valence-electron chi connectivity index (χ4n) is 3.57. The number of hydrogen-bond acceptors (Lipinski definition) is 3. The van der Waals surface area contributed by atoms with Crippen molar-refractivity contribution in [3.63, 3.8) is 0 Å². The van der Waals surface area contributed by atoms with E-state index in [0.717, 1.165) is 16.7 Å². The van der Waals surface area contributed by atoms with Crippen molar-refractivity contribution in [2.75, 3.05) is 5.73 Å². The van der Waals surface area contributed by atoms with Crippen LogP contribution >= 0.6 is 0 Å². The van der Waals surface area contributed by atoms with Crippen molar-refractivity contribution < 1.29 is 9.53 Å². The van der Waals surface area contributed by atoms with Crippen molar-refractivity contribution in [3.05, 3.63) is 138 Å². The number of carbonyl (C=O) groups excluding carboxylic acids is 1. The third-order valence-corrected chi connectivity index (χ3v) is 4.97. The van der Waals surface area contributed by atoms with Crippen LogP contribution in [0, 0.1) is 0 Å². The van der Waals surface area contributed by atoms with Crippen molar-refractivity contribution in [2.45, 2.75) is 5.60 Å². The van der Waals surface area contributed by atoms with Crippen LogP contribution in [0.2, 0.25) is 0 Å². The van der Waals surface area contributed by atoms with Crippen molar-refractivity contribution in [1.29, 1.82) is 0 Å². The van der Waals surface area contributed by atoms with E-state index in [1.807, 2.05) is 91.0 Å². The summed E-state index contributed by atoms with van der Waals surface area (Å²) in [5.74, 6) is -0.473. The van der Waals surface area contributed by atoms with Crippen LogP contribution in [0.1, 0.15) is 27.0 Å². The van der Waals surface area contributed by atoms with E-state index in [1.54, 1.807) is 24.3 Å². The van der Waals surface area contributed by atoms with Crippen LogP contribution in [0.4, 0.5) is 5.69 Å². The molecule has 0 radical (unpaired) electrons. The van der Waals surface area contributed by atoms with Gasteiger partial charge in [-0.05, 0) is 12.1 Å². The lowest BCUT2D eigenvalue weighted by atomic mass is 9.80. The predicted molar refractivity (Wildman–Crippen MR) is 115 cm³/mol. The van der Waals surface area contributed by atoms with Gasteiger partial charge in [0, 0.05) is 22.4 Å². The number of esters is 1. The highest BCUT2D eigenvalue weighted by molar-refractivity contribution is 5.95. The number of anilines is 1. The molecule has 0 aliphatic heterocycles. The Morgan fingerprint density at radius 3 is 1.38 bits per heavy atom. The highest BCUT2D eigenvalue weighted by atomic mass is 16.6. The van der Waals surface area contributed by atoms with E-state index in [0.29, 0.717) is 11.3 Å². The van der Waals surface area contributed by atoms with Crippen molar-refractivity contribution in [3.8, 4) is 0 Å². The minimum atomic E-state index is -1.11. The van der Waals surface area contributed by atoms with E-state index in [4.69, 9.17) is 10.5 Å². The van der Waals surface area contributed by atoms with Gasteiger partial charge in [-0.1, -0.05) is 103 Å². The van der Waals surface area contributed by atoms with Gasteiger partial charge in [-0.25, -0.2) is 4.79 Å². The second-order valence-electron chi connectivity index (χ2n) is 6.76. The Balaban J connectivity index is 1.95. The minimum Gasteiger partial charge on any atom is -0.441 e. The van der Waals surface area contributed by atoms with Gasteiger partial charge >= 0.3 is 5.97 Å². The zero-order valence-electron chi connectivity index (χ0n) is 15.9. The van der Waals surface area contributed by atoms with E-state index in [-0.39, 0.29) is 0 Å². The molecule has 29 heavy (non-hydrogen) atoms. The zero-order chi connectivity index (χ0) is 20.1. The Hall–Kier alpha value is -3.85. The number of benzene rings is 4. The summed E-state index contributed by atoms with van der Waals surface area (Å²) in [5, 5.41) is 0. The minimum absolute atomic E-state index is 0.347. The van der Waals surface area contributed by atoms with Crippen LogP contribution in [-0.2, 0) is 10.3 Å². The molecule has 3 nitrogen and oxygen atoms in total. The summed E-state index contributed by atoms with van der Waals surface area (Å²) in [6, 6.07) is 36.3. The first-order valence-corrected chi connectivity index (χ1v) is 9.46. The SMILES string of the molecule is Nc1ccccc1C(=O)OC(c1ccccc1)(c1ccccc1)c1ccccc1. The maximum atomic E-state index is 13.3. The molecule has 4 aromatic carbocycles. The van der Waals surface area contributed by atoms with Crippen LogP contribution < -0.4 is 5.73 Å². The summed E-state index contributed by atoms with van der Waals surface area (Å²) in [6.07, 6.45) is 0. The number of nitrogens with two attached hydrogens (primary N) is 1. The zero-order valence-corrected chi connectivity index (χ0v) is 15.9. The molecule has 4 rings (SSSR count). The quantitative estimate of drug-likeness (QED) is 0.286. The highest BCUT2D eigenvalue weighted by Crippen LogP contribution is 2.41. The second kappa shape index (κ2) is 8.03. The van der Waals surface area contributed by atoms with Gasteiger partial charge in [0.25, 0.3) is 0 Å². The number of ether oxygens (including phenoxy) is 1. The number of nitrogen functional groups attached to an aromatic ring is 1. The topological polar surface area (TPSA) is 52.3 Å². The van der Waals surface area contributed by atoms with Gasteiger partial charge in [-0.3, -0.25) is 0 Å². The first-order chi connectivity index (χ1) is 14.2. The van der Waals surface area contributed by atoms with Crippen LogP contribution in [-0.4, -0.2) is 5.97 Å². The Bertz CT molecular complexity index is 996. The monoisotopic (exact) mass is 379 g/mol. The third-order valence-electron chi connectivity index (χ3n) is 4.97. The summed E-state index contributed by atoms with van der Waals surface area (Å²) in [5.41, 5.74) is 8.27. The molecule has 0 saturated heterocycles. The van der Waals surface area contributed by atoms with E-state index in [9.17, 15) is 4.79 Å². The maximum Gasteiger partial charge on any atom is 0.341 e. The van der Waals surface area contributed by atoms with E-state index >= 15 is 0 Å². The molecular formula is C26H21NO2. The molecule has 0 saturated carbocycles. The molecule has 0 bridgehead atoms. The molecule has 0 aromatic heterocycles. The molecule has 3 heteroatoms. The number of para-hydroxylation sites is 1. The first-order valence-electron chi connectivity index (χ1n) is 9.46. The largest absolute Gasteiger partial charge is 0.441 e. The third kappa shape index (κ3) is 3.50. The molecule has 0 spiro atoms. The summed E-state index contributed by atoms with van der Waals surface area (Å²) < 4.78 is 6.34. The molecule has 0 heterocycles.